The lowest BCUT2D eigenvalue weighted by atomic mass is 10.1. The van der Waals surface area contributed by atoms with Gasteiger partial charge in [-0.1, -0.05) is 29.8 Å². The smallest absolute Gasteiger partial charge is 0.350 e. The van der Waals surface area contributed by atoms with Crippen LogP contribution in [0.2, 0.25) is 5.02 Å². The molecule has 0 spiro atoms. The van der Waals surface area contributed by atoms with Gasteiger partial charge in [0.2, 0.25) is 5.89 Å². The molecule has 0 saturated heterocycles. The molecule has 0 bridgehead atoms. The van der Waals surface area contributed by atoms with Crippen molar-refractivity contribution in [3.8, 4) is 17.2 Å². The second kappa shape index (κ2) is 7.62. The van der Waals surface area contributed by atoms with Gasteiger partial charge in [-0.15, -0.1) is 0 Å². The molecule has 0 N–H and O–H groups in total. The van der Waals surface area contributed by atoms with Crippen molar-refractivity contribution in [2.45, 2.75) is 26.1 Å². The van der Waals surface area contributed by atoms with Crippen molar-refractivity contribution in [1.29, 1.82) is 0 Å². The topological polar surface area (TPSA) is 61.6 Å². The molecule has 6 heteroatoms. The van der Waals surface area contributed by atoms with Crippen molar-refractivity contribution in [3.05, 3.63) is 71.6 Å². The lowest BCUT2D eigenvalue weighted by Gasteiger charge is -2.24. The highest BCUT2D eigenvalue weighted by Gasteiger charge is 2.32. The van der Waals surface area contributed by atoms with Gasteiger partial charge in [0.1, 0.15) is 24.3 Å². The Morgan fingerprint density at radius 1 is 1.12 bits per heavy atom. The number of aromatic nitrogens is 1. The van der Waals surface area contributed by atoms with Gasteiger partial charge in [-0.2, -0.15) is 0 Å². The molecule has 0 unspecified atom stereocenters. The van der Waals surface area contributed by atoms with E-state index in [9.17, 15) is 4.79 Å². The Labute approximate surface area is 156 Å². The fraction of sp³-hybridized carbons (Fsp3) is 0.200. The van der Waals surface area contributed by atoms with Gasteiger partial charge in [0, 0.05) is 10.6 Å². The molecule has 2 aromatic carbocycles. The van der Waals surface area contributed by atoms with E-state index >= 15 is 0 Å². The Hall–Kier alpha value is -2.79. The van der Waals surface area contributed by atoms with Crippen molar-refractivity contribution in [2.24, 2.45) is 0 Å². The van der Waals surface area contributed by atoms with Crippen LogP contribution in [0, 0.1) is 0 Å². The van der Waals surface area contributed by atoms with Gasteiger partial charge in [0.25, 0.3) is 0 Å². The van der Waals surface area contributed by atoms with Crippen molar-refractivity contribution in [3.63, 3.8) is 0 Å². The molecular formula is C20H18ClNO4. The summed E-state index contributed by atoms with van der Waals surface area (Å²) in [5.74, 6) is 0.509. The Kier molecular flexibility index (Phi) is 5.28. The summed E-state index contributed by atoms with van der Waals surface area (Å²) in [6.07, 6.45) is 1.47. The molecule has 0 aliphatic carbocycles. The van der Waals surface area contributed by atoms with E-state index in [0.29, 0.717) is 22.4 Å². The van der Waals surface area contributed by atoms with Gasteiger partial charge in [0.05, 0.1) is 0 Å². The summed E-state index contributed by atoms with van der Waals surface area (Å²) in [7, 11) is 0. The van der Waals surface area contributed by atoms with Gasteiger partial charge in [-0.25, -0.2) is 9.78 Å². The lowest BCUT2D eigenvalue weighted by molar-refractivity contribution is -0.160. The number of rotatable bonds is 6. The van der Waals surface area contributed by atoms with E-state index < -0.39 is 11.6 Å². The number of hydrogen-bond donors (Lipinski definition) is 0. The number of nitrogens with zero attached hydrogens (tertiary/aromatic N) is 1. The fourth-order valence-corrected chi connectivity index (χ4v) is 2.36. The summed E-state index contributed by atoms with van der Waals surface area (Å²) in [4.78, 5) is 16.7. The minimum absolute atomic E-state index is 0.00255. The normalized spacial score (nSPS) is 11.2. The van der Waals surface area contributed by atoms with Crippen molar-refractivity contribution >= 4 is 17.6 Å². The van der Waals surface area contributed by atoms with Crippen LogP contribution in [0.3, 0.4) is 0 Å². The van der Waals surface area contributed by atoms with E-state index in [1.54, 1.807) is 38.1 Å². The number of ether oxygens (including phenoxy) is 2. The number of hydrogen-bond acceptors (Lipinski definition) is 5. The molecule has 0 fully saturated rings. The average molecular weight is 372 g/mol. The molecule has 0 saturated carbocycles. The number of halogens is 1. The zero-order valence-electron chi connectivity index (χ0n) is 14.4. The first-order chi connectivity index (χ1) is 12.4. The van der Waals surface area contributed by atoms with Crippen LogP contribution in [-0.4, -0.2) is 16.6 Å². The van der Waals surface area contributed by atoms with E-state index in [4.69, 9.17) is 25.5 Å². The van der Waals surface area contributed by atoms with Crippen molar-refractivity contribution < 1.29 is 18.7 Å². The van der Waals surface area contributed by atoms with Crippen LogP contribution in [0.1, 0.15) is 19.5 Å². The highest BCUT2D eigenvalue weighted by molar-refractivity contribution is 6.30. The number of oxazole rings is 1. The second-order valence-corrected chi connectivity index (χ2v) is 6.59. The Morgan fingerprint density at radius 2 is 1.81 bits per heavy atom. The Morgan fingerprint density at radius 3 is 2.50 bits per heavy atom. The van der Waals surface area contributed by atoms with Crippen LogP contribution in [-0.2, 0) is 16.1 Å². The van der Waals surface area contributed by atoms with Crippen LogP contribution >= 0.6 is 11.6 Å². The number of benzene rings is 2. The van der Waals surface area contributed by atoms with Crippen LogP contribution in [0.4, 0.5) is 0 Å². The summed E-state index contributed by atoms with van der Waals surface area (Å²) >= 11 is 5.85. The van der Waals surface area contributed by atoms with Gasteiger partial charge in [0.15, 0.2) is 5.60 Å². The highest BCUT2D eigenvalue weighted by atomic mass is 35.5. The molecule has 3 rings (SSSR count). The fourth-order valence-electron chi connectivity index (χ4n) is 2.24. The zero-order valence-corrected chi connectivity index (χ0v) is 15.2. The van der Waals surface area contributed by atoms with Crippen molar-refractivity contribution in [1.82, 2.24) is 4.98 Å². The lowest BCUT2D eigenvalue weighted by Crippen LogP contribution is -2.39. The Balaban J connectivity index is 1.59. The highest BCUT2D eigenvalue weighted by Crippen LogP contribution is 2.23. The van der Waals surface area contributed by atoms with E-state index in [-0.39, 0.29) is 6.61 Å². The summed E-state index contributed by atoms with van der Waals surface area (Å²) in [6.45, 7) is 3.28. The third-order valence-corrected chi connectivity index (χ3v) is 3.85. The molecule has 0 atom stereocenters. The number of carbonyl (C=O) groups excluding carboxylic acids is 1. The summed E-state index contributed by atoms with van der Waals surface area (Å²) < 4.78 is 16.5. The Bertz CT molecular complexity index is 872. The maximum atomic E-state index is 12.4. The third-order valence-electron chi connectivity index (χ3n) is 3.60. The molecule has 0 radical (unpaired) electrons. The van der Waals surface area contributed by atoms with Gasteiger partial charge >= 0.3 is 5.97 Å². The van der Waals surface area contributed by atoms with Crippen molar-refractivity contribution in [2.75, 3.05) is 0 Å². The summed E-state index contributed by atoms with van der Waals surface area (Å²) in [5.41, 5.74) is 0.232. The summed E-state index contributed by atoms with van der Waals surface area (Å²) in [6, 6.07) is 16.3. The average Bonchev–Trinajstić information content (AvgIpc) is 3.11. The molecule has 26 heavy (non-hydrogen) atoms. The summed E-state index contributed by atoms with van der Waals surface area (Å²) in [5, 5.41) is 0.595. The zero-order chi connectivity index (χ0) is 18.6. The molecule has 1 aromatic heterocycles. The SMILES string of the molecule is CC(C)(Oc1ccc(Cl)cc1)C(=O)OCc1coc(-c2ccccc2)n1. The van der Waals surface area contributed by atoms with Crippen LogP contribution in [0.5, 0.6) is 5.75 Å². The van der Waals surface area contributed by atoms with E-state index in [1.165, 1.54) is 6.26 Å². The van der Waals surface area contributed by atoms with Crippen LogP contribution < -0.4 is 4.74 Å². The molecule has 3 aromatic rings. The first-order valence-corrected chi connectivity index (χ1v) is 8.43. The maximum Gasteiger partial charge on any atom is 0.350 e. The minimum Gasteiger partial charge on any atom is -0.476 e. The number of esters is 1. The van der Waals surface area contributed by atoms with Gasteiger partial charge in [-0.05, 0) is 50.2 Å². The molecular weight excluding hydrogens is 354 g/mol. The first kappa shape index (κ1) is 18.0. The third kappa shape index (κ3) is 4.43. The van der Waals surface area contributed by atoms with Crippen LogP contribution in [0.25, 0.3) is 11.5 Å². The predicted octanol–water partition coefficient (Wildman–Crippen LogP) is 4.90. The van der Waals surface area contributed by atoms with Crippen LogP contribution in [0.15, 0.2) is 65.3 Å². The quantitative estimate of drug-likeness (QED) is 0.577. The molecule has 0 aliphatic rings. The predicted molar refractivity (Wildman–Crippen MR) is 97.9 cm³/mol. The van der Waals surface area contributed by atoms with E-state index in [1.807, 2.05) is 30.3 Å². The molecule has 1 heterocycles. The minimum atomic E-state index is -1.15. The number of carbonyl (C=O) groups is 1. The molecule has 0 aliphatic heterocycles. The molecule has 5 nitrogen and oxygen atoms in total. The maximum absolute atomic E-state index is 12.4. The van der Waals surface area contributed by atoms with E-state index in [2.05, 4.69) is 4.98 Å². The van der Waals surface area contributed by atoms with Gasteiger partial charge < -0.3 is 13.9 Å². The largest absolute Gasteiger partial charge is 0.476 e. The monoisotopic (exact) mass is 371 g/mol. The first-order valence-electron chi connectivity index (χ1n) is 8.06. The second-order valence-electron chi connectivity index (χ2n) is 6.15. The van der Waals surface area contributed by atoms with Gasteiger partial charge in [-0.3, -0.25) is 0 Å². The van der Waals surface area contributed by atoms with E-state index in [0.717, 1.165) is 5.56 Å². The molecule has 0 amide bonds. The standard InChI is InChI=1S/C20H18ClNO4/c1-20(2,26-17-10-8-15(21)9-11-17)19(23)25-13-16-12-24-18(22-16)14-6-4-3-5-7-14/h3-12H,13H2,1-2H3. The molecule has 134 valence electrons.